The van der Waals surface area contributed by atoms with Crippen LogP contribution in [0.4, 0.5) is 5.69 Å². The summed E-state index contributed by atoms with van der Waals surface area (Å²) in [5.41, 5.74) is 5.55. The molecule has 0 spiro atoms. The molecular formula is C22H21BrClNO. The molecule has 0 atom stereocenters. The summed E-state index contributed by atoms with van der Waals surface area (Å²) in [6, 6.07) is 20.5. The number of nitrogens with one attached hydrogen (secondary N) is 1. The van der Waals surface area contributed by atoms with E-state index in [-0.39, 0.29) is 0 Å². The molecule has 0 amide bonds. The molecule has 0 aromatic heterocycles. The molecule has 0 aliphatic rings. The number of hydrogen-bond acceptors (Lipinski definition) is 2. The zero-order chi connectivity index (χ0) is 18.5. The maximum Gasteiger partial charge on any atom is 0.124 e. The van der Waals surface area contributed by atoms with Crippen LogP contribution in [0.15, 0.2) is 65.1 Å². The van der Waals surface area contributed by atoms with Gasteiger partial charge in [0.25, 0.3) is 0 Å². The number of anilines is 1. The molecule has 26 heavy (non-hydrogen) atoms. The van der Waals surface area contributed by atoms with Gasteiger partial charge in [0.05, 0.1) is 0 Å². The Morgan fingerprint density at radius 1 is 0.962 bits per heavy atom. The van der Waals surface area contributed by atoms with Crippen molar-refractivity contribution in [3.63, 3.8) is 0 Å². The van der Waals surface area contributed by atoms with Crippen molar-refractivity contribution in [1.29, 1.82) is 0 Å². The highest BCUT2D eigenvalue weighted by molar-refractivity contribution is 9.10. The Kier molecular flexibility index (Phi) is 6.23. The third-order valence-electron chi connectivity index (χ3n) is 4.19. The molecule has 2 nitrogen and oxygen atoms in total. The van der Waals surface area contributed by atoms with E-state index in [1.54, 1.807) is 0 Å². The highest BCUT2D eigenvalue weighted by Gasteiger charge is 2.06. The Morgan fingerprint density at radius 2 is 1.73 bits per heavy atom. The number of rotatable bonds is 6. The minimum Gasteiger partial charge on any atom is -0.489 e. The van der Waals surface area contributed by atoms with Crippen LogP contribution in [0.2, 0.25) is 5.02 Å². The fourth-order valence-corrected chi connectivity index (χ4v) is 3.16. The predicted octanol–water partition coefficient (Wildman–Crippen LogP) is 6.91. The summed E-state index contributed by atoms with van der Waals surface area (Å²) in [6.45, 7) is 5.28. The van der Waals surface area contributed by atoms with E-state index in [9.17, 15) is 0 Å². The van der Waals surface area contributed by atoms with Crippen molar-refractivity contribution in [1.82, 2.24) is 0 Å². The van der Waals surface area contributed by atoms with Gasteiger partial charge in [-0.2, -0.15) is 0 Å². The number of benzene rings is 3. The quantitative estimate of drug-likeness (QED) is 0.458. The first-order valence-corrected chi connectivity index (χ1v) is 9.65. The molecule has 0 fully saturated rings. The number of ether oxygens (including phenoxy) is 1. The molecule has 3 rings (SSSR count). The Balaban J connectivity index is 1.70. The fourth-order valence-electron chi connectivity index (χ4n) is 2.57. The summed E-state index contributed by atoms with van der Waals surface area (Å²) >= 11 is 9.75. The molecule has 0 bridgehead atoms. The second kappa shape index (κ2) is 8.61. The van der Waals surface area contributed by atoms with Crippen molar-refractivity contribution in [2.75, 3.05) is 5.32 Å². The van der Waals surface area contributed by atoms with E-state index in [2.05, 4.69) is 58.5 Å². The monoisotopic (exact) mass is 429 g/mol. The van der Waals surface area contributed by atoms with E-state index in [1.165, 1.54) is 5.56 Å². The highest BCUT2D eigenvalue weighted by Crippen LogP contribution is 2.26. The van der Waals surface area contributed by atoms with E-state index in [4.69, 9.17) is 16.3 Å². The topological polar surface area (TPSA) is 21.3 Å². The summed E-state index contributed by atoms with van der Waals surface area (Å²) in [6.07, 6.45) is 0. The molecule has 3 aromatic carbocycles. The largest absolute Gasteiger partial charge is 0.489 e. The van der Waals surface area contributed by atoms with Crippen molar-refractivity contribution >= 4 is 33.2 Å². The number of hydrogen-bond donors (Lipinski definition) is 1. The van der Waals surface area contributed by atoms with Gasteiger partial charge in [0.15, 0.2) is 0 Å². The van der Waals surface area contributed by atoms with Crippen LogP contribution in [-0.4, -0.2) is 0 Å². The molecule has 0 saturated carbocycles. The van der Waals surface area contributed by atoms with Crippen LogP contribution in [-0.2, 0) is 13.2 Å². The van der Waals surface area contributed by atoms with Crippen LogP contribution in [0.3, 0.4) is 0 Å². The highest BCUT2D eigenvalue weighted by atomic mass is 79.9. The molecule has 0 aliphatic carbocycles. The van der Waals surface area contributed by atoms with Crippen LogP contribution < -0.4 is 10.1 Å². The average Bonchev–Trinajstić information content (AvgIpc) is 2.63. The van der Waals surface area contributed by atoms with Crippen LogP contribution in [0, 0.1) is 13.8 Å². The van der Waals surface area contributed by atoms with Crippen molar-refractivity contribution in [3.05, 3.63) is 92.4 Å². The first kappa shape index (κ1) is 18.8. The molecule has 134 valence electrons. The molecule has 0 saturated heterocycles. The van der Waals surface area contributed by atoms with Gasteiger partial charge < -0.3 is 10.1 Å². The van der Waals surface area contributed by atoms with Gasteiger partial charge in [-0.25, -0.2) is 0 Å². The SMILES string of the molecule is Cc1ccc(COc2ccc(Br)cc2CNc2ccc(C)c(Cl)c2)cc1. The zero-order valence-corrected chi connectivity index (χ0v) is 17.2. The predicted molar refractivity (Wildman–Crippen MR) is 113 cm³/mol. The Labute approximate surface area is 168 Å². The van der Waals surface area contributed by atoms with Crippen molar-refractivity contribution < 1.29 is 4.74 Å². The lowest BCUT2D eigenvalue weighted by molar-refractivity contribution is 0.303. The lowest BCUT2D eigenvalue weighted by Gasteiger charge is -2.14. The molecule has 4 heteroatoms. The zero-order valence-electron chi connectivity index (χ0n) is 14.9. The van der Waals surface area contributed by atoms with Crippen LogP contribution in [0.5, 0.6) is 5.75 Å². The minimum absolute atomic E-state index is 0.547. The van der Waals surface area contributed by atoms with Gasteiger partial charge in [-0.05, 0) is 55.3 Å². The summed E-state index contributed by atoms with van der Waals surface area (Å²) in [5, 5.41) is 4.18. The standard InChI is InChI=1S/C22H21BrClNO/c1-15-3-6-17(7-4-15)14-26-22-10-8-19(23)11-18(22)13-25-20-9-5-16(2)21(24)12-20/h3-12,25H,13-14H2,1-2H3. The Hall–Kier alpha value is -1.97. The van der Waals surface area contributed by atoms with Gasteiger partial charge in [0.1, 0.15) is 12.4 Å². The maximum absolute atomic E-state index is 6.21. The van der Waals surface area contributed by atoms with E-state index in [1.807, 2.05) is 37.3 Å². The lowest BCUT2D eigenvalue weighted by atomic mass is 10.1. The molecule has 0 heterocycles. The van der Waals surface area contributed by atoms with Crippen molar-refractivity contribution in [3.8, 4) is 5.75 Å². The van der Waals surface area contributed by atoms with E-state index >= 15 is 0 Å². The molecule has 3 aromatic rings. The van der Waals surface area contributed by atoms with Gasteiger partial charge in [-0.15, -0.1) is 0 Å². The summed E-state index contributed by atoms with van der Waals surface area (Å²) in [5.74, 6) is 0.875. The van der Waals surface area contributed by atoms with Gasteiger partial charge >= 0.3 is 0 Å². The lowest BCUT2D eigenvalue weighted by Crippen LogP contribution is -2.04. The van der Waals surface area contributed by atoms with Gasteiger partial charge in [0, 0.05) is 27.3 Å². The van der Waals surface area contributed by atoms with E-state index < -0.39 is 0 Å². The molecule has 0 aliphatic heterocycles. The third kappa shape index (κ3) is 5.03. The Bertz CT molecular complexity index is 893. The number of aryl methyl sites for hydroxylation is 2. The molecule has 0 radical (unpaired) electrons. The average molecular weight is 431 g/mol. The van der Waals surface area contributed by atoms with Crippen LogP contribution in [0.1, 0.15) is 22.3 Å². The third-order valence-corrected chi connectivity index (χ3v) is 5.09. The first-order chi connectivity index (χ1) is 12.5. The van der Waals surface area contributed by atoms with Crippen LogP contribution >= 0.6 is 27.5 Å². The van der Waals surface area contributed by atoms with Gasteiger partial charge in [-0.3, -0.25) is 0 Å². The first-order valence-electron chi connectivity index (χ1n) is 8.48. The van der Waals surface area contributed by atoms with Gasteiger partial charge in [0.2, 0.25) is 0 Å². The summed E-state index contributed by atoms with van der Waals surface area (Å²) in [7, 11) is 0. The normalized spacial score (nSPS) is 10.6. The van der Waals surface area contributed by atoms with Gasteiger partial charge in [-0.1, -0.05) is 63.4 Å². The summed E-state index contributed by atoms with van der Waals surface area (Å²) in [4.78, 5) is 0. The Morgan fingerprint density at radius 3 is 2.46 bits per heavy atom. The summed E-state index contributed by atoms with van der Waals surface area (Å²) < 4.78 is 7.09. The van der Waals surface area contributed by atoms with Crippen molar-refractivity contribution in [2.24, 2.45) is 0 Å². The number of halogens is 2. The smallest absolute Gasteiger partial charge is 0.124 e. The second-order valence-electron chi connectivity index (χ2n) is 6.34. The van der Waals surface area contributed by atoms with E-state index in [0.717, 1.165) is 37.6 Å². The maximum atomic E-state index is 6.21. The van der Waals surface area contributed by atoms with E-state index in [0.29, 0.717) is 13.2 Å². The minimum atomic E-state index is 0.547. The van der Waals surface area contributed by atoms with Crippen LogP contribution in [0.25, 0.3) is 0 Å². The molecule has 1 N–H and O–H groups in total. The molecule has 0 unspecified atom stereocenters. The molecular weight excluding hydrogens is 410 g/mol. The van der Waals surface area contributed by atoms with Crippen molar-refractivity contribution in [2.45, 2.75) is 27.0 Å². The fraction of sp³-hybridized carbons (Fsp3) is 0.182. The second-order valence-corrected chi connectivity index (χ2v) is 7.67.